The number of carbonyl (C=O) groups is 3. The second-order valence-electron chi connectivity index (χ2n) is 7.80. The van der Waals surface area contributed by atoms with Crippen molar-refractivity contribution in [2.24, 2.45) is 11.5 Å². The standard InChI is InChI=1S/C23H26N6O5S/c1-13(30)26-17(10-11-24)22(32)27-18(21(25)31)12-15-14-6-2-3-7-16(14)28-23(15)35-20-9-5-4-8-19(20)29(33)34/h2-9,17-18,28H,10-12,24H2,1H3,(H2,25,31)(H,26,30)(H,27,32)/t17-,18-/m0/s1. The van der Waals surface area contributed by atoms with Gasteiger partial charge in [0, 0.05) is 30.3 Å². The van der Waals surface area contributed by atoms with Crippen molar-refractivity contribution in [2.75, 3.05) is 6.54 Å². The van der Waals surface area contributed by atoms with Gasteiger partial charge >= 0.3 is 0 Å². The van der Waals surface area contributed by atoms with Crippen LogP contribution in [0.3, 0.4) is 0 Å². The van der Waals surface area contributed by atoms with Crippen LogP contribution >= 0.6 is 11.8 Å². The van der Waals surface area contributed by atoms with E-state index in [-0.39, 0.29) is 25.1 Å². The number of H-pyrrole nitrogens is 1. The zero-order valence-corrected chi connectivity index (χ0v) is 19.8. The summed E-state index contributed by atoms with van der Waals surface area (Å²) in [6, 6.07) is 11.7. The third-order valence-electron chi connectivity index (χ3n) is 5.27. The minimum Gasteiger partial charge on any atom is -0.368 e. The number of benzene rings is 2. The summed E-state index contributed by atoms with van der Waals surface area (Å²) in [5.41, 5.74) is 12.5. The molecule has 3 rings (SSSR count). The smallest absolute Gasteiger partial charge is 0.283 e. The summed E-state index contributed by atoms with van der Waals surface area (Å²) in [4.78, 5) is 51.3. The van der Waals surface area contributed by atoms with Gasteiger partial charge in [-0.05, 0) is 30.7 Å². The number of aromatic amines is 1. The molecule has 2 aromatic carbocycles. The van der Waals surface area contributed by atoms with Crippen molar-refractivity contribution in [1.82, 2.24) is 15.6 Å². The number of fused-ring (bicyclic) bond motifs is 1. The summed E-state index contributed by atoms with van der Waals surface area (Å²) >= 11 is 1.15. The van der Waals surface area contributed by atoms with Gasteiger partial charge < -0.3 is 27.1 Å². The normalized spacial score (nSPS) is 12.6. The lowest BCUT2D eigenvalue weighted by molar-refractivity contribution is -0.387. The van der Waals surface area contributed by atoms with Crippen LogP contribution in [0.25, 0.3) is 10.9 Å². The largest absolute Gasteiger partial charge is 0.368 e. The van der Waals surface area contributed by atoms with E-state index in [1.807, 2.05) is 24.3 Å². The van der Waals surface area contributed by atoms with Gasteiger partial charge in [0.2, 0.25) is 17.7 Å². The molecule has 0 saturated carbocycles. The number of nitrogens with two attached hydrogens (primary N) is 2. The summed E-state index contributed by atoms with van der Waals surface area (Å²) in [5, 5.41) is 18.0. The van der Waals surface area contributed by atoms with Crippen LogP contribution in [0.15, 0.2) is 58.5 Å². The summed E-state index contributed by atoms with van der Waals surface area (Å²) in [6.45, 7) is 1.43. The first-order valence-electron chi connectivity index (χ1n) is 10.8. The van der Waals surface area contributed by atoms with Crippen molar-refractivity contribution in [3.8, 4) is 0 Å². The molecule has 0 radical (unpaired) electrons. The van der Waals surface area contributed by atoms with Gasteiger partial charge in [-0.15, -0.1) is 0 Å². The number of nitro benzene ring substituents is 1. The Balaban J connectivity index is 1.95. The summed E-state index contributed by atoms with van der Waals surface area (Å²) in [7, 11) is 0. The third-order valence-corrected chi connectivity index (χ3v) is 6.38. The number of nitro groups is 1. The zero-order chi connectivity index (χ0) is 25.5. The minimum absolute atomic E-state index is 0.0312. The molecule has 0 fully saturated rings. The summed E-state index contributed by atoms with van der Waals surface area (Å²) in [6.07, 6.45) is 0.215. The quantitative estimate of drug-likeness (QED) is 0.196. The Kier molecular flexibility index (Phi) is 8.44. The topological polar surface area (TPSA) is 186 Å². The number of rotatable bonds is 11. The average Bonchev–Trinajstić information content (AvgIpc) is 3.15. The van der Waals surface area contributed by atoms with Crippen molar-refractivity contribution in [3.63, 3.8) is 0 Å². The van der Waals surface area contributed by atoms with Crippen LogP contribution in [0.1, 0.15) is 18.9 Å². The number of primary amides is 1. The third kappa shape index (κ3) is 6.37. The van der Waals surface area contributed by atoms with Gasteiger partial charge in [-0.3, -0.25) is 24.5 Å². The van der Waals surface area contributed by atoms with Gasteiger partial charge in [-0.2, -0.15) is 0 Å². The molecule has 3 amide bonds. The van der Waals surface area contributed by atoms with E-state index in [2.05, 4.69) is 15.6 Å². The van der Waals surface area contributed by atoms with Gasteiger partial charge in [-0.25, -0.2) is 0 Å². The first-order valence-corrected chi connectivity index (χ1v) is 11.6. The Morgan fingerprint density at radius 2 is 1.77 bits per heavy atom. The molecule has 184 valence electrons. The fourth-order valence-corrected chi connectivity index (χ4v) is 4.74. The highest BCUT2D eigenvalue weighted by molar-refractivity contribution is 7.99. The molecule has 1 heterocycles. The van der Waals surface area contributed by atoms with Gasteiger partial charge in [0.05, 0.1) is 14.8 Å². The van der Waals surface area contributed by atoms with Gasteiger partial charge in [-0.1, -0.05) is 42.1 Å². The van der Waals surface area contributed by atoms with Crippen LogP contribution in [0.2, 0.25) is 0 Å². The minimum atomic E-state index is -1.10. The van der Waals surface area contributed by atoms with E-state index >= 15 is 0 Å². The summed E-state index contributed by atoms with van der Waals surface area (Å²) < 4.78 is 0. The lowest BCUT2D eigenvalue weighted by Gasteiger charge is -2.21. The van der Waals surface area contributed by atoms with E-state index in [0.717, 1.165) is 22.7 Å². The van der Waals surface area contributed by atoms with E-state index in [4.69, 9.17) is 11.5 Å². The highest BCUT2D eigenvalue weighted by Gasteiger charge is 2.27. The second-order valence-corrected chi connectivity index (χ2v) is 8.86. The number of aromatic nitrogens is 1. The Bertz CT molecular complexity index is 1260. The van der Waals surface area contributed by atoms with Crippen molar-refractivity contribution in [1.29, 1.82) is 0 Å². The zero-order valence-electron chi connectivity index (χ0n) is 18.9. The Morgan fingerprint density at radius 1 is 1.09 bits per heavy atom. The Labute approximate surface area is 205 Å². The van der Waals surface area contributed by atoms with Crippen molar-refractivity contribution < 1.29 is 19.3 Å². The van der Waals surface area contributed by atoms with E-state index < -0.39 is 34.7 Å². The number of carbonyl (C=O) groups excluding carboxylic acids is 3. The van der Waals surface area contributed by atoms with Gasteiger partial charge in [0.15, 0.2) is 0 Å². The molecule has 0 spiro atoms. The highest BCUT2D eigenvalue weighted by atomic mass is 32.2. The highest BCUT2D eigenvalue weighted by Crippen LogP contribution is 2.39. The maximum Gasteiger partial charge on any atom is 0.283 e. The molecule has 7 N–H and O–H groups in total. The lowest BCUT2D eigenvalue weighted by atomic mass is 10.0. The van der Waals surface area contributed by atoms with E-state index in [9.17, 15) is 24.5 Å². The number of nitrogens with zero attached hydrogens (tertiary/aromatic N) is 1. The maximum atomic E-state index is 12.8. The van der Waals surface area contributed by atoms with Crippen molar-refractivity contribution >= 4 is 46.1 Å². The van der Waals surface area contributed by atoms with E-state index in [0.29, 0.717) is 15.5 Å². The summed E-state index contributed by atoms with van der Waals surface area (Å²) in [5.74, 6) is -1.75. The first-order chi connectivity index (χ1) is 16.7. The first kappa shape index (κ1) is 25.7. The van der Waals surface area contributed by atoms with Crippen LogP contribution in [0, 0.1) is 10.1 Å². The number of para-hydroxylation sites is 2. The van der Waals surface area contributed by atoms with Crippen LogP contribution in [-0.4, -0.2) is 46.3 Å². The molecule has 2 atom stereocenters. The van der Waals surface area contributed by atoms with Crippen LogP contribution in [0.5, 0.6) is 0 Å². The molecule has 11 nitrogen and oxygen atoms in total. The molecule has 3 aromatic rings. The van der Waals surface area contributed by atoms with Crippen molar-refractivity contribution in [2.45, 2.75) is 41.8 Å². The maximum absolute atomic E-state index is 12.8. The molecule has 0 aliphatic rings. The van der Waals surface area contributed by atoms with Crippen molar-refractivity contribution in [3.05, 3.63) is 64.2 Å². The number of hydrogen-bond donors (Lipinski definition) is 5. The van der Waals surface area contributed by atoms with Crippen LogP contribution < -0.4 is 22.1 Å². The molecule has 1 aromatic heterocycles. The molecule has 0 aliphatic carbocycles. The number of amides is 3. The molecule has 0 unspecified atom stereocenters. The average molecular weight is 499 g/mol. The van der Waals surface area contributed by atoms with E-state index in [1.165, 1.54) is 13.0 Å². The number of nitrogens with one attached hydrogen (secondary N) is 3. The van der Waals surface area contributed by atoms with Gasteiger partial charge in [0.25, 0.3) is 5.69 Å². The molecule has 0 aliphatic heterocycles. The monoisotopic (exact) mass is 498 g/mol. The molecule has 0 bridgehead atoms. The second kappa shape index (κ2) is 11.5. The van der Waals surface area contributed by atoms with Crippen LogP contribution in [0.4, 0.5) is 5.69 Å². The van der Waals surface area contributed by atoms with Crippen LogP contribution in [-0.2, 0) is 20.8 Å². The number of hydrogen-bond acceptors (Lipinski definition) is 7. The molecule has 12 heteroatoms. The molecular weight excluding hydrogens is 472 g/mol. The van der Waals surface area contributed by atoms with E-state index in [1.54, 1.807) is 18.2 Å². The predicted octanol–water partition coefficient (Wildman–Crippen LogP) is 1.59. The Hall–Kier alpha value is -3.90. The fraction of sp³-hybridized carbons (Fsp3) is 0.261. The van der Waals surface area contributed by atoms with Gasteiger partial charge in [0.1, 0.15) is 12.1 Å². The Morgan fingerprint density at radius 3 is 2.43 bits per heavy atom. The lowest BCUT2D eigenvalue weighted by Crippen LogP contribution is -2.53. The molecule has 0 saturated heterocycles. The predicted molar refractivity (Wildman–Crippen MR) is 132 cm³/mol. The molecular formula is C23H26N6O5S. The SMILES string of the molecule is CC(=O)N[C@@H](CCN)C(=O)N[C@@H](Cc1c(Sc2ccccc2[N+](=O)[O-])[nH]c2ccccc12)C(N)=O. The fourth-order valence-electron chi connectivity index (χ4n) is 3.65. The molecule has 35 heavy (non-hydrogen) atoms.